The van der Waals surface area contributed by atoms with Gasteiger partial charge in [-0.3, -0.25) is 9.59 Å². The zero-order chi connectivity index (χ0) is 21.8. The number of amides is 2. The molecule has 0 spiro atoms. The van der Waals surface area contributed by atoms with Crippen LogP contribution in [0.4, 0.5) is 5.69 Å². The number of aromatic nitrogens is 1. The molecule has 3 aromatic carbocycles. The van der Waals surface area contributed by atoms with Gasteiger partial charge in [0.1, 0.15) is 11.8 Å². The molecule has 156 valence electrons. The van der Waals surface area contributed by atoms with Gasteiger partial charge in [0.15, 0.2) is 0 Å². The summed E-state index contributed by atoms with van der Waals surface area (Å²) in [5.41, 5.74) is 2.37. The van der Waals surface area contributed by atoms with E-state index in [9.17, 15) is 14.7 Å². The second kappa shape index (κ2) is 8.93. The second-order valence-electron chi connectivity index (χ2n) is 7.08. The van der Waals surface area contributed by atoms with Crippen molar-refractivity contribution in [2.45, 2.75) is 12.5 Å². The van der Waals surface area contributed by atoms with Crippen molar-refractivity contribution in [3.63, 3.8) is 0 Å². The van der Waals surface area contributed by atoms with Crippen LogP contribution < -0.4 is 10.6 Å². The molecule has 1 atom stereocenters. The number of halogens is 1. The van der Waals surface area contributed by atoms with Gasteiger partial charge in [-0.15, -0.1) is 0 Å². The molecule has 7 heteroatoms. The largest absolute Gasteiger partial charge is 0.506 e. The minimum Gasteiger partial charge on any atom is -0.506 e. The van der Waals surface area contributed by atoms with Crippen LogP contribution in [0.1, 0.15) is 15.9 Å². The van der Waals surface area contributed by atoms with E-state index in [1.165, 1.54) is 6.07 Å². The molecule has 0 aliphatic heterocycles. The van der Waals surface area contributed by atoms with Crippen LogP contribution in [-0.4, -0.2) is 27.9 Å². The number of rotatable bonds is 6. The number of nitrogens with one attached hydrogen (secondary N) is 3. The van der Waals surface area contributed by atoms with Gasteiger partial charge in [-0.05, 0) is 35.9 Å². The molecule has 6 nitrogen and oxygen atoms in total. The topological polar surface area (TPSA) is 94.2 Å². The number of aromatic hydroxyl groups is 1. The van der Waals surface area contributed by atoms with E-state index in [1.54, 1.807) is 42.5 Å². The first kappa shape index (κ1) is 20.5. The van der Waals surface area contributed by atoms with E-state index in [2.05, 4.69) is 15.6 Å². The number of phenols is 1. The number of para-hydroxylation sites is 3. The summed E-state index contributed by atoms with van der Waals surface area (Å²) < 4.78 is 0. The van der Waals surface area contributed by atoms with E-state index in [1.807, 2.05) is 30.5 Å². The van der Waals surface area contributed by atoms with E-state index in [-0.39, 0.29) is 23.4 Å². The van der Waals surface area contributed by atoms with E-state index in [4.69, 9.17) is 11.6 Å². The lowest BCUT2D eigenvalue weighted by molar-refractivity contribution is -0.118. The number of aromatic amines is 1. The first-order valence-electron chi connectivity index (χ1n) is 9.72. The van der Waals surface area contributed by atoms with Crippen LogP contribution in [0.2, 0.25) is 5.02 Å². The maximum absolute atomic E-state index is 13.1. The maximum Gasteiger partial charge on any atom is 0.253 e. The molecule has 0 unspecified atom stereocenters. The van der Waals surface area contributed by atoms with E-state index in [0.717, 1.165) is 16.5 Å². The average Bonchev–Trinajstić information content (AvgIpc) is 3.18. The number of benzene rings is 3. The number of fused-ring (bicyclic) bond motifs is 1. The van der Waals surface area contributed by atoms with Crippen molar-refractivity contribution in [3.05, 3.63) is 95.1 Å². The van der Waals surface area contributed by atoms with Gasteiger partial charge >= 0.3 is 0 Å². The van der Waals surface area contributed by atoms with Crippen LogP contribution in [-0.2, 0) is 11.2 Å². The smallest absolute Gasteiger partial charge is 0.253 e. The van der Waals surface area contributed by atoms with E-state index < -0.39 is 17.9 Å². The Labute approximate surface area is 183 Å². The molecule has 0 radical (unpaired) electrons. The fourth-order valence-electron chi connectivity index (χ4n) is 3.41. The van der Waals surface area contributed by atoms with Crippen LogP contribution in [0.25, 0.3) is 10.9 Å². The Kier molecular flexibility index (Phi) is 5.91. The molecular formula is C24H20ClN3O3. The lowest BCUT2D eigenvalue weighted by Gasteiger charge is -2.19. The summed E-state index contributed by atoms with van der Waals surface area (Å²) >= 11 is 6.15. The van der Waals surface area contributed by atoms with Crippen molar-refractivity contribution in [1.82, 2.24) is 10.3 Å². The molecule has 4 rings (SSSR count). The van der Waals surface area contributed by atoms with Crippen molar-refractivity contribution in [2.24, 2.45) is 0 Å². The number of hydrogen-bond donors (Lipinski definition) is 4. The SMILES string of the molecule is O=C(N[C@@H](Cc1c[nH]c2ccccc12)C(=O)Nc1ccccc1O)c1ccccc1Cl. The van der Waals surface area contributed by atoms with Crippen LogP contribution >= 0.6 is 11.6 Å². The first-order chi connectivity index (χ1) is 15.0. The number of carbonyl (C=O) groups excluding carboxylic acids is 2. The third kappa shape index (κ3) is 4.54. The molecule has 0 saturated carbocycles. The molecule has 0 bridgehead atoms. The summed E-state index contributed by atoms with van der Waals surface area (Å²) in [5.74, 6) is -0.964. The van der Waals surface area contributed by atoms with Gasteiger partial charge in [0.05, 0.1) is 16.3 Å². The number of anilines is 1. The molecule has 4 aromatic rings. The van der Waals surface area contributed by atoms with Crippen LogP contribution in [0.3, 0.4) is 0 Å². The van der Waals surface area contributed by atoms with E-state index in [0.29, 0.717) is 5.02 Å². The fourth-order valence-corrected chi connectivity index (χ4v) is 3.63. The molecule has 0 aliphatic rings. The molecular weight excluding hydrogens is 414 g/mol. The Morgan fingerprint density at radius 1 is 0.968 bits per heavy atom. The molecule has 31 heavy (non-hydrogen) atoms. The standard InChI is InChI=1S/C24H20ClN3O3/c25-18-9-3-1-8-17(18)23(30)28-21(24(31)27-20-11-5-6-12-22(20)29)13-15-14-26-19-10-4-2-7-16(15)19/h1-12,14,21,26,29H,13H2,(H,27,31)(H,28,30)/t21-/m0/s1. The summed E-state index contributed by atoms with van der Waals surface area (Å²) in [6, 6.07) is 19.9. The highest BCUT2D eigenvalue weighted by Gasteiger charge is 2.24. The summed E-state index contributed by atoms with van der Waals surface area (Å²) in [5, 5.41) is 16.8. The Balaban J connectivity index is 1.62. The van der Waals surface area contributed by atoms with Gasteiger partial charge in [-0.25, -0.2) is 0 Å². The van der Waals surface area contributed by atoms with Gasteiger partial charge in [-0.2, -0.15) is 0 Å². The summed E-state index contributed by atoms with van der Waals surface area (Å²) in [6.45, 7) is 0. The molecule has 1 aromatic heterocycles. The first-order valence-corrected chi connectivity index (χ1v) is 10.1. The Morgan fingerprint density at radius 2 is 1.68 bits per heavy atom. The fraction of sp³-hybridized carbons (Fsp3) is 0.0833. The molecule has 0 fully saturated rings. The molecule has 0 saturated heterocycles. The predicted octanol–water partition coefficient (Wildman–Crippen LogP) is 4.51. The van der Waals surface area contributed by atoms with Gasteiger partial charge in [-0.1, -0.05) is 54.1 Å². The number of H-pyrrole nitrogens is 1. The maximum atomic E-state index is 13.1. The van der Waals surface area contributed by atoms with Crippen LogP contribution in [0.5, 0.6) is 5.75 Å². The summed E-state index contributed by atoms with van der Waals surface area (Å²) in [4.78, 5) is 29.1. The van der Waals surface area contributed by atoms with Gasteiger partial charge in [0.25, 0.3) is 5.91 Å². The third-order valence-corrected chi connectivity index (χ3v) is 5.33. The van der Waals surface area contributed by atoms with Crippen molar-refractivity contribution in [3.8, 4) is 5.75 Å². The molecule has 4 N–H and O–H groups in total. The van der Waals surface area contributed by atoms with Crippen LogP contribution in [0.15, 0.2) is 79.0 Å². The lowest BCUT2D eigenvalue weighted by Crippen LogP contribution is -2.45. The minimum absolute atomic E-state index is 0.0564. The van der Waals surface area contributed by atoms with Crippen molar-refractivity contribution in [2.75, 3.05) is 5.32 Å². The zero-order valence-corrected chi connectivity index (χ0v) is 17.2. The molecule has 2 amide bonds. The van der Waals surface area contributed by atoms with Gasteiger partial charge < -0.3 is 20.7 Å². The Bertz CT molecular complexity index is 1250. The quantitative estimate of drug-likeness (QED) is 0.337. The zero-order valence-electron chi connectivity index (χ0n) is 16.4. The second-order valence-corrected chi connectivity index (χ2v) is 7.48. The molecule has 0 aliphatic carbocycles. The summed E-state index contributed by atoms with van der Waals surface area (Å²) in [6.07, 6.45) is 2.08. The minimum atomic E-state index is -0.900. The molecule has 1 heterocycles. The summed E-state index contributed by atoms with van der Waals surface area (Å²) in [7, 11) is 0. The van der Waals surface area contributed by atoms with E-state index >= 15 is 0 Å². The van der Waals surface area contributed by atoms with Crippen LogP contribution in [0, 0.1) is 0 Å². The Morgan fingerprint density at radius 3 is 2.48 bits per heavy atom. The number of hydrogen-bond acceptors (Lipinski definition) is 3. The highest BCUT2D eigenvalue weighted by Crippen LogP contribution is 2.23. The highest BCUT2D eigenvalue weighted by atomic mass is 35.5. The van der Waals surface area contributed by atoms with Gasteiger partial charge in [0, 0.05) is 23.5 Å². The monoisotopic (exact) mass is 433 g/mol. The highest BCUT2D eigenvalue weighted by molar-refractivity contribution is 6.33. The predicted molar refractivity (Wildman–Crippen MR) is 121 cm³/mol. The number of carbonyl (C=O) groups is 2. The third-order valence-electron chi connectivity index (χ3n) is 5.00. The van der Waals surface area contributed by atoms with Gasteiger partial charge in [0.2, 0.25) is 5.91 Å². The Hall–Kier alpha value is -3.77. The van der Waals surface area contributed by atoms with Crippen molar-refractivity contribution in [1.29, 1.82) is 0 Å². The lowest BCUT2D eigenvalue weighted by atomic mass is 10.0. The average molecular weight is 434 g/mol. The van der Waals surface area contributed by atoms with Crippen molar-refractivity contribution >= 4 is 40.0 Å². The van der Waals surface area contributed by atoms with Crippen molar-refractivity contribution < 1.29 is 14.7 Å². The normalized spacial score (nSPS) is 11.8. The number of phenolic OH excluding ortho intramolecular Hbond substituents is 1.